The fraction of sp³-hybridized carbons (Fsp3) is 0.586. The summed E-state index contributed by atoms with van der Waals surface area (Å²) in [4.78, 5) is 32.0. The summed E-state index contributed by atoms with van der Waals surface area (Å²) in [6, 6.07) is 5.93. The highest BCUT2D eigenvalue weighted by atomic mass is 19.1. The van der Waals surface area contributed by atoms with Gasteiger partial charge in [0.1, 0.15) is 17.5 Å². The molecule has 1 aromatic carbocycles. The smallest absolute Gasteiger partial charge is 0.410 e. The standard InChI is InChI=1S/C29H40FN5O3/c1-19-20(2)26(32-31-25(19)21-10-12-22(30)13-11-21)34-17-14-23(15-18-34)33(6)27(36)24-9-7-8-16-35(24)28(37)38-29(3,4)5/h10-13,23-24H,7-9,14-18H2,1-6H3. The van der Waals surface area contributed by atoms with Gasteiger partial charge in [-0.3, -0.25) is 9.69 Å². The normalized spacial score (nSPS) is 18.9. The molecule has 0 saturated carbocycles. The molecule has 8 nitrogen and oxygen atoms in total. The number of benzene rings is 1. The molecule has 3 heterocycles. The molecule has 0 bridgehead atoms. The molecule has 38 heavy (non-hydrogen) atoms. The summed E-state index contributed by atoms with van der Waals surface area (Å²) in [5, 5.41) is 9.02. The van der Waals surface area contributed by atoms with E-state index in [1.807, 2.05) is 46.6 Å². The monoisotopic (exact) mass is 525 g/mol. The van der Waals surface area contributed by atoms with Gasteiger partial charge in [0.05, 0.1) is 5.69 Å². The van der Waals surface area contributed by atoms with Crippen molar-refractivity contribution in [2.75, 3.05) is 31.6 Å². The quantitative estimate of drug-likeness (QED) is 0.552. The summed E-state index contributed by atoms with van der Waals surface area (Å²) in [5.41, 5.74) is 3.08. The van der Waals surface area contributed by atoms with E-state index in [0.29, 0.717) is 13.0 Å². The van der Waals surface area contributed by atoms with Gasteiger partial charge in [-0.1, -0.05) is 0 Å². The molecule has 2 saturated heterocycles. The summed E-state index contributed by atoms with van der Waals surface area (Å²) in [5.74, 6) is 0.564. The van der Waals surface area contributed by atoms with Crippen LogP contribution in [0.25, 0.3) is 11.3 Å². The first-order chi connectivity index (χ1) is 18.0. The first-order valence-corrected chi connectivity index (χ1v) is 13.6. The highest BCUT2D eigenvalue weighted by molar-refractivity contribution is 5.86. The number of likely N-dealkylation sites (tertiary alicyclic amines) is 1. The third-order valence-corrected chi connectivity index (χ3v) is 7.69. The predicted octanol–water partition coefficient (Wildman–Crippen LogP) is 5.12. The Bertz CT molecular complexity index is 1160. The van der Waals surface area contributed by atoms with Gasteiger partial charge in [-0.05, 0) is 102 Å². The summed E-state index contributed by atoms with van der Waals surface area (Å²) in [6.07, 6.45) is 3.67. The molecule has 0 aliphatic carbocycles. The maximum atomic E-state index is 13.5. The van der Waals surface area contributed by atoms with Crippen LogP contribution in [-0.4, -0.2) is 76.4 Å². The van der Waals surface area contributed by atoms with Crippen LogP contribution in [0.3, 0.4) is 0 Å². The minimum Gasteiger partial charge on any atom is -0.444 e. The van der Waals surface area contributed by atoms with E-state index < -0.39 is 17.7 Å². The van der Waals surface area contributed by atoms with E-state index in [1.54, 1.807) is 17.0 Å². The Morgan fingerprint density at radius 3 is 2.26 bits per heavy atom. The first-order valence-electron chi connectivity index (χ1n) is 13.6. The molecule has 0 radical (unpaired) electrons. The van der Waals surface area contributed by atoms with Gasteiger partial charge < -0.3 is 14.5 Å². The zero-order valence-corrected chi connectivity index (χ0v) is 23.5. The Kier molecular flexibility index (Phi) is 8.23. The highest BCUT2D eigenvalue weighted by Gasteiger charge is 2.38. The van der Waals surface area contributed by atoms with Gasteiger partial charge in [-0.15, -0.1) is 10.2 Å². The maximum Gasteiger partial charge on any atom is 0.410 e. The van der Waals surface area contributed by atoms with E-state index >= 15 is 0 Å². The van der Waals surface area contributed by atoms with Crippen molar-refractivity contribution in [1.82, 2.24) is 20.0 Å². The van der Waals surface area contributed by atoms with Crippen molar-refractivity contribution < 1.29 is 18.7 Å². The van der Waals surface area contributed by atoms with Gasteiger partial charge in [0, 0.05) is 38.3 Å². The van der Waals surface area contributed by atoms with Gasteiger partial charge in [0.2, 0.25) is 5.91 Å². The molecule has 1 aromatic heterocycles. The fourth-order valence-electron chi connectivity index (χ4n) is 5.38. The lowest BCUT2D eigenvalue weighted by Crippen LogP contribution is -2.56. The van der Waals surface area contributed by atoms with E-state index in [9.17, 15) is 14.0 Å². The van der Waals surface area contributed by atoms with Crippen LogP contribution in [0.5, 0.6) is 0 Å². The predicted molar refractivity (Wildman–Crippen MR) is 145 cm³/mol. The molecule has 2 aromatic rings. The third-order valence-electron chi connectivity index (χ3n) is 7.69. The fourth-order valence-corrected chi connectivity index (χ4v) is 5.38. The molecule has 2 aliphatic heterocycles. The van der Waals surface area contributed by atoms with Crippen LogP contribution in [-0.2, 0) is 9.53 Å². The molecule has 0 spiro atoms. The van der Waals surface area contributed by atoms with Crippen LogP contribution < -0.4 is 4.90 Å². The average molecular weight is 526 g/mol. The number of hydrogen-bond acceptors (Lipinski definition) is 6. The Balaban J connectivity index is 1.40. The summed E-state index contributed by atoms with van der Waals surface area (Å²) in [6.45, 7) is 11.7. The first kappa shape index (κ1) is 27.8. The Morgan fingerprint density at radius 2 is 1.63 bits per heavy atom. The number of piperidine rings is 2. The van der Waals surface area contributed by atoms with Crippen molar-refractivity contribution in [3.63, 3.8) is 0 Å². The van der Waals surface area contributed by atoms with E-state index in [4.69, 9.17) is 4.74 Å². The molecular weight excluding hydrogens is 485 g/mol. The number of amides is 2. The summed E-state index contributed by atoms with van der Waals surface area (Å²) in [7, 11) is 1.86. The lowest BCUT2D eigenvalue weighted by Gasteiger charge is -2.41. The molecule has 1 atom stereocenters. The van der Waals surface area contributed by atoms with Gasteiger partial charge in [0.15, 0.2) is 5.82 Å². The summed E-state index contributed by atoms with van der Waals surface area (Å²) < 4.78 is 18.9. The van der Waals surface area contributed by atoms with Gasteiger partial charge in [0.25, 0.3) is 0 Å². The van der Waals surface area contributed by atoms with Crippen molar-refractivity contribution in [1.29, 1.82) is 0 Å². The van der Waals surface area contributed by atoms with Crippen molar-refractivity contribution in [2.45, 2.75) is 84.4 Å². The van der Waals surface area contributed by atoms with Crippen LogP contribution >= 0.6 is 0 Å². The van der Waals surface area contributed by atoms with Crippen molar-refractivity contribution in [3.8, 4) is 11.3 Å². The molecule has 0 N–H and O–H groups in total. The minimum atomic E-state index is -0.600. The van der Waals surface area contributed by atoms with Crippen LogP contribution in [0, 0.1) is 19.7 Å². The number of halogens is 1. The zero-order chi connectivity index (χ0) is 27.6. The number of rotatable bonds is 4. The Labute approximate surface area is 225 Å². The SMILES string of the molecule is Cc1c(-c2ccc(F)cc2)nnc(N2CCC(N(C)C(=O)C3CCCCN3C(=O)OC(C)(C)C)CC2)c1C. The third kappa shape index (κ3) is 6.08. The second-order valence-corrected chi connectivity index (χ2v) is 11.5. The second kappa shape index (κ2) is 11.3. The van der Waals surface area contributed by atoms with Crippen molar-refractivity contribution >= 4 is 17.8 Å². The number of ether oxygens (including phenoxy) is 1. The van der Waals surface area contributed by atoms with E-state index in [2.05, 4.69) is 15.1 Å². The minimum absolute atomic E-state index is 0.00974. The Morgan fingerprint density at radius 1 is 0.974 bits per heavy atom. The van der Waals surface area contributed by atoms with Crippen LogP contribution in [0.2, 0.25) is 0 Å². The van der Waals surface area contributed by atoms with Gasteiger partial charge >= 0.3 is 6.09 Å². The molecule has 9 heteroatoms. The molecular formula is C29H40FN5O3. The Hall–Kier alpha value is -3.23. The van der Waals surface area contributed by atoms with Crippen molar-refractivity contribution in [2.24, 2.45) is 0 Å². The molecule has 4 rings (SSSR count). The molecule has 2 fully saturated rings. The average Bonchev–Trinajstić information content (AvgIpc) is 2.89. The topological polar surface area (TPSA) is 78.9 Å². The van der Waals surface area contributed by atoms with Gasteiger partial charge in [-0.2, -0.15) is 0 Å². The largest absolute Gasteiger partial charge is 0.444 e. The number of nitrogens with zero attached hydrogens (tertiary/aromatic N) is 5. The lowest BCUT2D eigenvalue weighted by molar-refractivity contribution is -0.139. The van der Waals surface area contributed by atoms with Crippen LogP contribution in [0.15, 0.2) is 24.3 Å². The van der Waals surface area contributed by atoms with Crippen LogP contribution in [0.4, 0.5) is 15.0 Å². The van der Waals surface area contributed by atoms with E-state index in [0.717, 1.165) is 67.0 Å². The molecule has 2 aliphatic rings. The van der Waals surface area contributed by atoms with E-state index in [-0.39, 0.29) is 17.8 Å². The number of aromatic nitrogens is 2. The van der Waals surface area contributed by atoms with E-state index in [1.165, 1.54) is 12.1 Å². The van der Waals surface area contributed by atoms with Gasteiger partial charge in [-0.25, -0.2) is 9.18 Å². The number of carbonyl (C=O) groups excluding carboxylic acids is 2. The second-order valence-electron chi connectivity index (χ2n) is 11.5. The highest BCUT2D eigenvalue weighted by Crippen LogP contribution is 2.30. The number of hydrogen-bond donors (Lipinski definition) is 0. The maximum absolute atomic E-state index is 13.5. The van der Waals surface area contributed by atoms with Crippen molar-refractivity contribution in [3.05, 3.63) is 41.2 Å². The zero-order valence-electron chi connectivity index (χ0n) is 23.5. The van der Waals surface area contributed by atoms with Crippen LogP contribution in [0.1, 0.15) is 64.0 Å². The number of likely N-dealkylation sites (N-methyl/N-ethyl adjacent to an activating group) is 1. The molecule has 206 valence electrons. The molecule has 1 unspecified atom stereocenters. The lowest BCUT2D eigenvalue weighted by atomic mass is 9.98. The molecule has 2 amide bonds. The summed E-state index contributed by atoms with van der Waals surface area (Å²) >= 11 is 0. The number of carbonyl (C=O) groups is 2. The number of anilines is 1.